The molecule has 0 heterocycles. The summed E-state index contributed by atoms with van der Waals surface area (Å²) in [7, 11) is 0. The van der Waals surface area contributed by atoms with Crippen molar-refractivity contribution in [1.82, 2.24) is 5.32 Å². The van der Waals surface area contributed by atoms with Crippen LogP contribution in [0.3, 0.4) is 0 Å². The van der Waals surface area contributed by atoms with Gasteiger partial charge < -0.3 is 10.4 Å². The molecule has 0 spiro atoms. The minimum Gasteiger partial charge on any atom is -0.481 e. The molecule has 0 bridgehead atoms. The van der Waals surface area contributed by atoms with Crippen molar-refractivity contribution in [2.75, 3.05) is 6.54 Å². The van der Waals surface area contributed by atoms with E-state index in [1.165, 1.54) is 12.1 Å². The summed E-state index contributed by atoms with van der Waals surface area (Å²) in [6.45, 7) is 2.07. The smallest absolute Gasteiger partial charge is 0.303 e. The molecule has 4 nitrogen and oxygen atoms in total. The molecule has 2 N–H and O–H groups in total. The predicted molar refractivity (Wildman–Crippen MR) is 72.5 cm³/mol. The molecule has 0 aromatic heterocycles. The molecule has 0 aliphatic carbocycles. The molecular formula is C13H15BrFNO3. The first-order valence-corrected chi connectivity index (χ1v) is 6.68. The Bertz CT molecular complexity index is 479. The van der Waals surface area contributed by atoms with Crippen LogP contribution in [0.25, 0.3) is 0 Å². The highest BCUT2D eigenvalue weighted by Gasteiger charge is 2.15. The van der Waals surface area contributed by atoms with Crippen LogP contribution in [0.1, 0.15) is 30.1 Å². The molecule has 1 aromatic carbocycles. The van der Waals surface area contributed by atoms with E-state index in [-0.39, 0.29) is 24.4 Å². The van der Waals surface area contributed by atoms with Crippen LogP contribution in [0.5, 0.6) is 0 Å². The molecule has 1 amide bonds. The second kappa shape index (κ2) is 7.23. The van der Waals surface area contributed by atoms with Gasteiger partial charge in [0.25, 0.3) is 5.91 Å². The van der Waals surface area contributed by atoms with Crippen molar-refractivity contribution in [3.05, 3.63) is 34.1 Å². The molecule has 0 saturated carbocycles. The molecule has 0 fully saturated rings. The van der Waals surface area contributed by atoms with E-state index < -0.39 is 17.7 Å². The van der Waals surface area contributed by atoms with Gasteiger partial charge in [0, 0.05) is 17.4 Å². The fourth-order valence-electron chi connectivity index (χ4n) is 1.61. The highest BCUT2D eigenvalue weighted by molar-refractivity contribution is 9.10. The lowest BCUT2D eigenvalue weighted by Crippen LogP contribution is -2.30. The maximum absolute atomic E-state index is 13.5. The minimum atomic E-state index is -0.907. The Morgan fingerprint density at radius 1 is 1.47 bits per heavy atom. The van der Waals surface area contributed by atoms with Gasteiger partial charge in [-0.15, -0.1) is 0 Å². The van der Waals surface area contributed by atoms with Crippen LogP contribution in [-0.2, 0) is 4.79 Å². The summed E-state index contributed by atoms with van der Waals surface area (Å²) in [5, 5.41) is 11.3. The first-order valence-electron chi connectivity index (χ1n) is 5.89. The van der Waals surface area contributed by atoms with Crippen LogP contribution in [-0.4, -0.2) is 23.5 Å². The SMILES string of the molecule is CCC(CNC(=O)c1ccc(Br)cc1F)CC(=O)O. The molecule has 0 radical (unpaired) electrons. The third-order valence-electron chi connectivity index (χ3n) is 2.77. The number of carboxylic acid groups (broad SMARTS) is 1. The van der Waals surface area contributed by atoms with Crippen molar-refractivity contribution in [2.24, 2.45) is 5.92 Å². The molecule has 1 rings (SSSR count). The van der Waals surface area contributed by atoms with Gasteiger partial charge in [-0.1, -0.05) is 29.3 Å². The number of carbonyl (C=O) groups is 2. The number of carbonyl (C=O) groups excluding carboxylic acids is 1. The van der Waals surface area contributed by atoms with E-state index in [0.717, 1.165) is 0 Å². The fourth-order valence-corrected chi connectivity index (χ4v) is 1.95. The number of hydrogen-bond donors (Lipinski definition) is 2. The summed E-state index contributed by atoms with van der Waals surface area (Å²) < 4.78 is 14.1. The Kier molecular flexibility index (Phi) is 5.95. The normalized spacial score (nSPS) is 11.9. The molecule has 1 aromatic rings. The van der Waals surface area contributed by atoms with Gasteiger partial charge in [-0.25, -0.2) is 4.39 Å². The van der Waals surface area contributed by atoms with Gasteiger partial charge in [0.05, 0.1) is 5.56 Å². The Labute approximate surface area is 119 Å². The van der Waals surface area contributed by atoms with Crippen LogP contribution in [0.2, 0.25) is 0 Å². The third kappa shape index (κ3) is 4.98. The lowest BCUT2D eigenvalue weighted by Gasteiger charge is -2.13. The van der Waals surface area contributed by atoms with Crippen LogP contribution >= 0.6 is 15.9 Å². The van der Waals surface area contributed by atoms with E-state index in [9.17, 15) is 14.0 Å². The van der Waals surface area contributed by atoms with Crippen molar-refractivity contribution in [3.63, 3.8) is 0 Å². The van der Waals surface area contributed by atoms with Gasteiger partial charge in [-0.3, -0.25) is 9.59 Å². The van der Waals surface area contributed by atoms with Gasteiger partial charge in [0.2, 0.25) is 0 Å². The van der Waals surface area contributed by atoms with Gasteiger partial charge in [-0.05, 0) is 24.1 Å². The number of aliphatic carboxylic acids is 1. The van der Waals surface area contributed by atoms with Crippen molar-refractivity contribution in [3.8, 4) is 0 Å². The standard InChI is InChI=1S/C13H15BrFNO3/c1-2-8(5-12(17)18)7-16-13(19)10-4-3-9(14)6-11(10)15/h3-4,6,8H,2,5,7H2,1H3,(H,16,19)(H,17,18). The Morgan fingerprint density at radius 3 is 2.68 bits per heavy atom. The zero-order valence-corrected chi connectivity index (χ0v) is 12.0. The minimum absolute atomic E-state index is 0.0143. The summed E-state index contributed by atoms with van der Waals surface area (Å²) in [5.74, 6) is -2.21. The number of hydrogen-bond acceptors (Lipinski definition) is 2. The van der Waals surface area contributed by atoms with Crippen LogP contribution in [0.4, 0.5) is 4.39 Å². The first-order chi connectivity index (χ1) is 8.93. The maximum atomic E-state index is 13.5. The first kappa shape index (κ1) is 15.6. The van der Waals surface area contributed by atoms with Crippen molar-refractivity contribution < 1.29 is 19.1 Å². The topological polar surface area (TPSA) is 66.4 Å². The average Bonchev–Trinajstić information content (AvgIpc) is 2.33. The molecule has 0 saturated heterocycles. The summed E-state index contributed by atoms with van der Waals surface area (Å²) in [6.07, 6.45) is 0.620. The second-order valence-electron chi connectivity index (χ2n) is 4.21. The maximum Gasteiger partial charge on any atom is 0.303 e. The van der Waals surface area contributed by atoms with Gasteiger partial charge in [0.1, 0.15) is 5.82 Å². The molecule has 1 unspecified atom stereocenters. The largest absolute Gasteiger partial charge is 0.481 e. The monoisotopic (exact) mass is 331 g/mol. The molecule has 0 aliphatic heterocycles. The third-order valence-corrected chi connectivity index (χ3v) is 3.26. The number of carboxylic acids is 1. The van der Waals surface area contributed by atoms with E-state index in [1.807, 2.05) is 6.92 Å². The van der Waals surface area contributed by atoms with Crippen LogP contribution in [0, 0.1) is 11.7 Å². The molecule has 104 valence electrons. The molecule has 19 heavy (non-hydrogen) atoms. The second-order valence-corrected chi connectivity index (χ2v) is 5.12. The lowest BCUT2D eigenvalue weighted by molar-refractivity contribution is -0.138. The van der Waals surface area contributed by atoms with Crippen LogP contribution < -0.4 is 5.32 Å². The number of rotatable bonds is 6. The highest BCUT2D eigenvalue weighted by atomic mass is 79.9. The van der Waals surface area contributed by atoms with Crippen LogP contribution in [0.15, 0.2) is 22.7 Å². The van der Waals surface area contributed by atoms with Crippen molar-refractivity contribution in [2.45, 2.75) is 19.8 Å². The average molecular weight is 332 g/mol. The van der Waals surface area contributed by atoms with E-state index >= 15 is 0 Å². The van der Waals surface area contributed by atoms with E-state index in [4.69, 9.17) is 5.11 Å². The number of amides is 1. The number of halogens is 2. The Morgan fingerprint density at radius 2 is 2.16 bits per heavy atom. The van der Waals surface area contributed by atoms with E-state index in [2.05, 4.69) is 21.2 Å². The van der Waals surface area contributed by atoms with Gasteiger partial charge in [0.15, 0.2) is 0 Å². The van der Waals surface area contributed by atoms with Gasteiger partial charge in [-0.2, -0.15) is 0 Å². The Hall–Kier alpha value is -1.43. The van der Waals surface area contributed by atoms with E-state index in [1.54, 1.807) is 6.07 Å². The number of nitrogens with one attached hydrogen (secondary N) is 1. The summed E-state index contributed by atoms with van der Waals surface area (Å²) >= 11 is 3.11. The fraction of sp³-hybridized carbons (Fsp3) is 0.385. The van der Waals surface area contributed by atoms with Gasteiger partial charge >= 0.3 is 5.97 Å². The summed E-state index contributed by atoms with van der Waals surface area (Å²) in [4.78, 5) is 22.4. The van der Waals surface area contributed by atoms with Crippen molar-refractivity contribution in [1.29, 1.82) is 0 Å². The zero-order valence-electron chi connectivity index (χ0n) is 10.5. The summed E-state index contributed by atoms with van der Waals surface area (Å²) in [5.41, 5.74) is -0.0478. The summed E-state index contributed by atoms with van der Waals surface area (Å²) in [6, 6.07) is 4.17. The van der Waals surface area contributed by atoms with Crippen molar-refractivity contribution >= 4 is 27.8 Å². The predicted octanol–water partition coefficient (Wildman–Crippen LogP) is 2.82. The van der Waals surface area contributed by atoms with E-state index in [0.29, 0.717) is 10.9 Å². The highest BCUT2D eigenvalue weighted by Crippen LogP contribution is 2.15. The Balaban J connectivity index is 2.61. The molecule has 6 heteroatoms. The molecular weight excluding hydrogens is 317 g/mol. The zero-order chi connectivity index (χ0) is 14.4. The quantitative estimate of drug-likeness (QED) is 0.842. The lowest BCUT2D eigenvalue weighted by atomic mass is 10.0. The number of benzene rings is 1. The molecule has 0 aliphatic rings. The molecule has 1 atom stereocenters.